The predicted molar refractivity (Wildman–Crippen MR) is 68.7 cm³/mol. The summed E-state index contributed by atoms with van der Waals surface area (Å²) in [6.45, 7) is 3.27. The third kappa shape index (κ3) is 4.34. The molecule has 0 N–H and O–H groups in total. The predicted octanol–water partition coefficient (Wildman–Crippen LogP) is 4.04. The second-order valence-corrected chi connectivity index (χ2v) is 4.71. The monoisotopic (exact) mass is 307 g/mol. The van der Waals surface area contributed by atoms with Crippen LogP contribution in [0.2, 0.25) is 0 Å². The fourth-order valence-corrected chi connectivity index (χ4v) is 1.59. The molecular formula is C14H14F5NO. The van der Waals surface area contributed by atoms with Crippen LogP contribution < -0.4 is 0 Å². The molecule has 1 aromatic rings. The Morgan fingerprint density at radius 3 is 2.05 bits per heavy atom. The number of benzene rings is 1. The van der Waals surface area contributed by atoms with E-state index in [1.165, 1.54) is 12.1 Å². The van der Waals surface area contributed by atoms with E-state index in [2.05, 4.69) is 4.99 Å². The summed E-state index contributed by atoms with van der Waals surface area (Å²) in [6.07, 6.45) is -6.97. The highest BCUT2D eigenvalue weighted by atomic mass is 19.4. The molecule has 21 heavy (non-hydrogen) atoms. The van der Waals surface area contributed by atoms with Crippen molar-refractivity contribution in [1.82, 2.24) is 0 Å². The highest BCUT2D eigenvalue weighted by Crippen LogP contribution is 2.37. The molecule has 7 heteroatoms. The first-order chi connectivity index (χ1) is 9.55. The second kappa shape index (κ2) is 6.32. The van der Waals surface area contributed by atoms with Crippen molar-refractivity contribution in [2.75, 3.05) is 0 Å². The lowest BCUT2D eigenvalue weighted by molar-refractivity contribution is -0.268. The standard InChI is InChI=1S/C14H14F5NO/c1-9(2)20-11(10-6-4-3-5-7-10)8-12(21)13(15,16)14(17,18)19/h3-7,9H,8H2,1-2H3. The Bertz CT molecular complexity index is 520. The third-order valence-electron chi connectivity index (χ3n) is 2.56. The lowest BCUT2D eigenvalue weighted by Gasteiger charge is -2.19. The van der Waals surface area contributed by atoms with Gasteiger partial charge in [-0.1, -0.05) is 30.3 Å². The van der Waals surface area contributed by atoms with Crippen LogP contribution >= 0.6 is 0 Å². The van der Waals surface area contributed by atoms with Crippen molar-refractivity contribution in [3.8, 4) is 0 Å². The van der Waals surface area contributed by atoms with Gasteiger partial charge in [0.2, 0.25) is 5.78 Å². The molecule has 1 rings (SSSR count). The zero-order valence-electron chi connectivity index (χ0n) is 11.4. The first-order valence-electron chi connectivity index (χ1n) is 6.15. The molecule has 0 heterocycles. The molecule has 0 saturated carbocycles. The minimum absolute atomic E-state index is 0.0838. The molecule has 0 amide bonds. The van der Waals surface area contributed by atoms with Crippen LogP contribution in [0.1, 0.15) is 25.8 Å². The number of halogens is 5. The van der Waals surface area contributed by atoms with E-state index in [9.17, 15) is 26.7 Å². The van der Waals surface area contributed by atoms with Crippen molar-refractivity contribution in [1.29, 1.82) is 0 Å². The van der Waals surface area contributed by atoms with E-state index in [4.69, 9.17) is 0 Å². The van der Waals surface area contributed by atoms with Crippen molar-refractivity contribution >= 4 is 11.5 Å². The summed E-state index contributed by atoms with van der Waals surface area (Å²) >= 11 is 0. The van der Waals surface area contributed by atoms with Crippen LogP contribution in [0.4, 0.5) is 22.0 Å². The summed E-state index contributed by atoms with van der Waals surface area (Å²) in [5.74, 6) is -7.59. The lowest BCUT2D eigenvalue weighted by Crippen LogP contribution is -2.44. The van der Waals surface area contributed by atoms with Gasteiger partial charge in [-0.15, -0.1) is 0 Å². The SMILES string of the molecule is CC(C)N=C(CC(=O)C(F)(F)C(F)(F)F)c1ccccc1. The molecular weight excluding hydrogens is 293 g/mol. The number of carbonyl (C=O) groups excluding carboxylic acids is 1. The normalized spacial score (nSPS) is 13.6. The van der Waals surface area contributed by atoms with Crippen LogP contribution in [-0.2, 0) is 4.79 Å². The van der Waals surface area contributed by atoms with Gasteiger partial charge in [0.1, 0.15) is 0 Å². The van der Waals surface area contributed by atoms with E-state index in [1.807, 2.05) is 0 Å². The molecule has 0 saturated heterocycles. The Morgan fingerprint density at radius 2 is 1.62 bits per heavy atom. The lowest BCUT2D eigenvalue weighted by atomic mass is 10.0. The number of carbonyl (C=O) groups is 1. The van der Waals surface area contributed by atoms with Gasteiger partial charge in [0.05, 0.1) is 6.42 Å². The number of ketones is 1. The second-order valence-electron chi connectivity index (χ2n) is 4.71. The summed E-state index contributed by atoms with van der Waals surface area (Å²) < 4.78 is 62.6. The summed E-state index contributed by atoms with van der Waals surface area (Å²) in [5, 5.41) is 0. The number of hydrogen-bond acceptors (Lipinski definition) is 2. The van der Waals surface area contributed by atoms with Crippen LogP contribution in [0.15, 0.2) is 35.3 Å². The number of nitrogens with zero attached hydrogens (tertiary/aromatic N) is 1. The number of aliphatic imine (C=N–C) groups is 1. The van der Waals surface area contributed by atoms with Gasteiger partial charge in [0, 0.05) is 11.8 Å². The molecule has 0 aliphatic heterocycles. The van der Waals surface area contributed by atoms with Gasteiger partial charge in [-0.3, -0.25) is 9.79 Å². The topological polar surface area (TPSA) is 29.4 Å². The Morgan fingerprint density at radius 1 is 1.10 bits per heavy atom. The van der Waals surface area contributed by atoms with E-state index in [-0.39, 0.29) is 11.8 Å². The van der Waals surface area contributed by atoms with Crippen LogP contribution in [0.3, 0.4) is 0 Å². The van der Waals surface area contributed by atoms with Crippen LogP contribution in [0, 0.1) is 0 Å². The fraction of sp³-hybridized carbons (Fsp3) is 0.429. The molecule has 0 unspecified atom stereocenters. The van der Waals surface area contributed by atoms with Gasteiger partial charge < -0.3 is 0 Å². The molecule has 0 radical (unpaired) electrons. The molecule has 0 bridgehead atoms. The number of alkyl halides is 5. The highest BCUT2D eigenvalue weighted by Gasteiger charge is 2.62. The zero-order chi connectivity index (χ0) is 16.3. The Balaban J connectivity index is 3.08. The van der Waals surface area contributed by atoms with E-state index in [0.717, 1.165) is 0 Å². The molecule has 1 aromatic carbocycles. The average molecular weight is 307 g/mol. The molecule has 0 fully saturated rings. The van der Waals surface area contributed by atoms with Crippen LogP contribution in [-0.4, -0.2) is 29.6 Å². The largest absolute Gasteiger partial charge is 0.461 e. The van der Waals surface area contributed by atoms with Crippen molar-refractivity contribution in [2.24, 2.45) is 4.99 Å². The molecule has 0 aliphatic rings. The average Bonchev–Trinajstić information content (AvgIpc) is 2.37. The number of hydrogen-bond donors (Lipinski definition) is 0. The van der Waals surface area contributed by atoms with Gasteiger partial charge in [-0.05, 0) is 19.4 Å². The smallest absolute Gasteiger partial charge is 0.292 e. The Kier molecular flexibility index (Phi) is 5.20. The molecule has 116 valence electrons. The Labute approximate surface area is 118 Å². The van der Waals surface area contributed by atoms with Crippen molar-refractivity contribution in [2.45, 2.75) is 38.4 Å². The van der Waals surface area contributed by atoms with Crippen molar-refractivity contribution in [3.05, 3.63) is 35.9 Å². The van der Waals surface area contributed by atoms with Gasteiger partial charge in [-0.2, -0.15) is 22.0 Å². The van der Waals surface area contributed by atoms with E-state index >= 15 is 0 Å². The molecule has 0 aliphatic carbocycles. The van der Waals surface area contributed by atoms with Crippen LogP contribution in [0.5, 0.6) is 0 Å². The third-order valence-corrected chi connectivity index (χ3v) is 2.56. The summed E-state index contributed by atoms with van der Waals surface area (Å²) in [6, 6.07) is 7.48. The summed E-state index contributed by atoms with van der Waals surface area (Å²) in [4.78, 5) is 15.3. The van der Waals surface area contributed by atoms with Crippen molar-refractivity contribution < 1.29 is 26.7 Å². The van der Waals surface area contributed by atoms with E-state index in [1.54, 1.807) is 32.0 Å². The number of Topliss-reactive ketones (excluding diaryl/α,β-unsaturated/α-hetero) is 1. The maximum Gasteiger partial charge on any atom is 0.461 e. The first kappa shape index (κ1) is 17.3. The van der Waals surface area contributed by atoms with E-state index < -0.39 is 24.3 Å². The highest BCUT2D eigenvalue weighted by molar-refractivity contribution is 6.12. The van der Waals surface area contributed by atoms with Crippen LogP contribution in [0.25, 0.3) is 0 Å². The molecule has 0 aromatic heterocycles. The van der Waals surface area contributed by atoms with Gasteiger partial charge in [0.25, 0.3) is 0 Å². The summed E-state index contributed by atoms with van der Waals surface area (Å²) in [7, 11) is 0. The minimum atomic E-state index is -5.90. The first-order valence-corrected chi connectivity index (χ1v) is 6.15. The van der Waals surface area contributed by atoms with Gasteiger partial charge in [-0.25, -0.2) is 0 Å². The molecule has 2 nitrogen and oxygen atoms in total. The fourth-order valence-electron chi connectivity index (χ4n) is 1.59. The molecule has 0 spiro atoms. The molecule has 0 atom stereocenters. The maximum absolute atomic E-state index is 13.0. The quantitative estimate of drug-likeness (QED) is 0.596. The van der Waals surface area contributed by atoms with Gasteiger partial charge >= 0.3 is 12.1 Å². The van der Waals surface area contributed by atoms with Gasteiger partial charge in [0.15, 0.2) is 0 Å². The zero-order valence-corrected chi connectivity index (χ0v) is 11.4. The Hall–Kier alpha value is -1.79. The number of rotatable bonds is 5. The van der Waals surface area contributed by atoms with E-state index in [0.29, 0.717) is 5.56 Å². The van der Waals surface area contributed by atoms with Crippen molar-refractivity contribution in [3.63, 3.8) is 0 Å². The minimum Gasteiger partial charge on any atom is -0.292 e. The summed E-state index contributed by atoms with van der Waals surface area (Å²) in [5.41, 5.74) is 0.261. The maximum atomic E-state index is 13.0.